The van der Waals surface area contributed by atoms with E-state index in [0.29, 0.717) is 18.3 Å². The lowest BCUT2D eigenvalue weighted by molar-refractivity contribution is 0.220. The molecule has 1 saturated heterocycles. The molecule has 6 nitrogen and oxygen atoms in total. The highest BCUT2D eigenvalue weighted by Crippen LogP contribution is 2.16. The maximum absolute atomic E-state index is 9.15. The highest BCUT2D eigenvalue weighted by atomic mass is 16.3. The van der Waals surface area contributed by atoms with Crippen LogP contribution in [0.25, 0.3) is 11.4 Å². The molecule has 23 heavy (non-hydrogen) atoms. The predicted molar refractivity (Wildman–Crippen MR) is 88.7 cm³/mol. The van der Waals surface area contributed by atoms with Gasteiger partial charge in [-0.3, -0.25) is 0 Å². The van der Waals surface area contributed by atoms with Gasteiger partial charge in [-0.25, -0.2) is 0 Å². The Kier molecular flexibility index (Phi) is 5.71. The molecule has 1 aliphatic rings. The van der Waals surface area contributed by atoms with E-state index in [2.05, 4.69) is 20.3 Å². The van der Waals surface area contributed by atoms with E-state index in [1.807, 2.05) is 30.3 Å². The summed E-state index contributed by atoms with van der Waals surface area (Å²) in [6.07, 6.45) is 4.57. The van der Waals surface area contributed by atoms with Gasteiger partial charge < -0.3 is 10.0 Å². The summed E-state index contributed by atoms with van der Waals surface area (Å²) in [6.45, 7) is 4.48. The summed E-state index contributed by atoms with van der Waals surface area (Å²) in [7, 11) is 0. The van der Waals surface area contributed by atoms with Gasteiger partial charge in [0.15, 0.2) is 0 Å². The molecule has 1 aliphatic heterocycles. The van der Waals surface area contributed by atoms with Crippen molar-refractivity contribution in [3.63, 3.8) is 0 Å². The van der Waals surface area contributed by atoms with Crippen LogP contribution >= 0.6 is 0 Å². The van der Waals surface area contributed by atoms with E-state index in [1.54, 1.807) is 4.80 Å². The monoisotopic (exact) mass is 315 g/mol. The normalized spacial score (nSPS) is 18.6. The Bertz CT molecular complexity index is 586. The van der Waals surface area contributed by atoms with Crippen molar-refractivity contribution in [2.45, 2.75) is 32.2 Å². The quantitative estimate of drug-likeness (QED) is 0.753. The zero-order chi connectivity index (χ0) is 15.9. The smallest absolute Gasteiger partial charge is 0.204 e. The highest BCUT2D eigenvalue weighted by molar-refractivity contribution is 5.52. The van der Waals surface area contributed by atoms with Gasteiger partial charge in [0.05, 0.1) is 6.54 Å². The molecule has 2 aromatic rings. The Morgan fingerprint density at radius 1 is 1.09 bits per heavy atom. The molecule has 0 bridgehead atoms. The van der Waals surface area contributed by atoms with Crippen molar-refractivity contribution >= 4 is 0 Å². The Hall–Kier alpha value is -1.79. The highest BCUT2D eigenvalue weighted by Gasteiger charge is 2.20. The molecule has 1 fully saturated rings. The van der Waals surface area contributed by atoms with Gasteiger partial charge in [0.2, 0.25) is 5.82 Å². The molecule has 0 amide bonds. The van der Waals surface area contributed by atoms with Crippen LogP contribution in [0.2, 0.25) is 0 Å². The molecule has 1 unspecified atom stereocenters. The Morgan fingerprint density at radius 3 is 2.70 bits per heavy atom. The van der Waals surface area contributed by atoms with Crippen molar-refractivity contribution in [1.29, 1.82) is 0 Å². The Balaban J connectivity index is 1.34. The summed E-state index contributed by atoms with van der Waals surface area (Å²) in [5.41, 5.74) is 1.01. The minimum absolute atomic E-state index is 0.332. The van der Waals surface area contributed by atoms with Gasteiger partial charge in [0.25, 0.3) is 0 Å². The molecule has 1 N–H and O–H groups in total. The number of nitrogens with zero attached hydrogens (tertiary/aromatic N) is 5. The molecular weight excluding hydrogens is 290 g/mol. The molecule has 6 heteroatoms. The van der Waals surface area contributed by atoms with E-state index >= 15 is 0 Å². The fourth-order valence-corrected chi connectivity index (χ4v) is 3.07. The van der Waals surface area contributed by atoms with E-state index in [0.717, 1.165) is 44.6 Å². The Labute approximate surface area is 137 Å². The molecule has 1 aromatic heterocycles. The van der Waals surface area contributed by atoms with Crippen LogP contribution in [0, 0.1) is 5.92 Å². The summed E-state index contributed by atoms with van der Waals surface area (Å²) >= 11 is 0. The van der Waals surface area contributed by atoms with Crippen molar-refractivity contribution in [2.75, 3.05) is 26.2 Å². The third-order valence-corrected chi connectivity index (χ3v) is 4.45. The molecule has 1 aromatic carbocycles. The summed E-state index contributed by atoms with van der Waals surface area (Å²) in [6, 6.07) is 9.94. The zero-order valence-corrected chi connectivity index (χ0v) is 13.5. The van der Waals surface area contributed by atoms with Gasteiger partial charge in [0, 0.05) is 18.7 Å². The van der Waals surface area contributed by atoms with Crippen LogP contribution in [0.3, 0.4) is 0 Å². The molecular formula is C17H25N5O. The number of aliphatic hydroxyl groups excluding tert-OH is 1. The number of aryl methyl sites for hydroxylation is 1. The van der Waals surface area contributed by atoms with Crippen molar-refractivity contribution in [2.24, 2.45) is 5.92 Å². The standard InChI is InChI=1S/C17H25N5O/c23-14-15-9-12-21(13-15)10-5-2-6-11-22-19-17(18-20-22)16-7-3-1-4-8-16/h1,3-4,7-8,15,23H,2,5-6,9-14H2. The van der Waals surface area contributed by atoms with Gasteiger partial charge in [-0.2, -0.15) is 4.80 Å². The molecule has 3 rings (SSSR count). The van der Waals surface area contributed by atoms with Crippen LogP contribution in [0.15, 0.2) is 30.3 Å². The molecule has 0 saturated carbocycles. The molecule has 0 radical (unpaired) electrons. The predicted octanol–water partition coefficient (Wildman–Crippen LogP) is 1.82. The number of tetrazole rings is 1. The molecule has 0 spiro atoms. The largest absolute Gasteiger partial charge is 0.396 e. The van der Waals surface area contributed by atoms with Crippen LogP contribution in [-0.4, -0.2) is 56.5 Å². The topological polar surface area (TPSA) is 67.1 Å². The van der Waals surface area contributed by atoms with E-state index in [-0.39, 0.29) is 0 Å². The summed E-state index contributed by atoms with van der Waals surface area (Å²) in [5.74, 6) is 1.18. The first-order valence-corrected chi connectivity index (χ1v) is 8.51. The lowest BCUT2D eigenvalue weighted by Gasteiger charge is -2.14. The number of unbranched alkanes of at least 4 members (excludes halogenated alkanes) is 2. The van der Waals surface area contributed by atoms with Crippen LogP contribution in [-0.2, 0) is 6.54 Å². The first kappa shape index (κ1) is 16.1. The first-order chi connectivity index (χ1) is 11.3. The number of hydrogen-bond acceptors (Lipinski definition) is 5. The number of likely N-dealkylation sites (tertiary alicyclic amines) is 1. The van der Waals surface area contributed by atoms with Crippen LogP contribution in [0.4, 0.5) is 0 Å². The molecule has 0 aliphatic carbocycles. The van der Waals surface area contributed by atoms with Gasteiger partial charge in [-0.1, -0.05) is 36.8 Å². The fraction of sp³-hybridized carbons (Fsp3) is 0.588. The summed E-state index contributed by atoms with van der Waals surface area (Å²) in [5, 5.41) is 21.8. The van der Waals surface area contributed by atoms with Crippen molar-refractivity contribution in [1.82, 2.24) is 25.1 Å². The maximum Gasteiger partial charge on any atom is 0.204 e. The second kappa shape index (κ2) is 8.17. The summed E-state index contributed by atoms with van der Waals surface area (Å²) < 4.78 is 0. The minimum Gasteiger partial charge on any atom is -0.396 e. The van der Waals surface area contributed by atoms with E-state index in [4.69, 9.17) is 5.11 Å². The maximum atomic E-state index is 9.15. The SMILES string of the molecule is OCC1CCN(CCCCCn2nnc(-c3ccccc3)n2)C1. The number of benzene rings is 1. The number of rotatable bonds is 8. The van der Waals surface area contributed by atoms with Gasteiger partial charge in [-0.15, -0.1) is 10.2 Å². The third-order valence-electron chi connectivity index (χ3n) is 4.45. The molecule has 2 heterocycles. The van der Waals surface area contributed by atoms with Crippen LogP contribution in [0.5, 0.6) is 0 Å². The van der Waals surface area contributed by atoms with Gasteiger partial charge in [0.1, 0.15) is 0 Å². The fourth-order valence-electron chi connectivity index (χ4n) is 3.07. The lowest BCUT2D eigenvalue weighted by atomic mass is 10.1. The second-order valence-corrected chi connectivity index (χ2v) is 6.27. The molecule has 1 atom stereocenters. The second-order valence-electron chi connectivity index (χ2n) is 6.27. The van der Waals surface area contributed by atoms with E-state index in [9.17, 15) is 0 Å². The van der Waals surface area contributed by atoms with Gasteiger partial charge >= 0.3 is 0 Å². The van der Waals surface area contributed by atoms with E-state index < -0.39 is 0 Å². The van der Waals surface area contributed by atoms with Crippen molar-refractivity contribution in [3.8, 4) is 11.4 Å². The van der Waals surface area contributed by atoms with Crippen molar-refractivity contribution in [3.05, 3.63) is 30.3 Å². The Morgan fingerprint density at radius 2 is 1.91 bits per heavy atom. The minimum atomic E-state index is 0.332. The molecule has 124 valence electrons. The number of hydrogen-bond donors (Lipinski definition) is 1. The number of aliphatic hydroxyl groups is 1. The average molecular weight is 315 g/mol. The zero-order valence-electron chi connectivity index (χ0n) is 13.5. The summed E-state index contributed by atoms with van der Waals surface area (Å²) in [4.78, 5) is 4.15. The lowest BCUT2D eigenvalue weighted by Crippen LogP contribution is -2.22. The first-order valence-electron chi connectivity index (χ1n) is 8.51. The van der Waals surface area contributed by atoms with E-state index in [1.165, 1.54) is 12.8 Å². The number of aromatic nitrogens is 4. The van der Waals surface area contributed by atoms with Crippen LogP contribution < -0.4 is 0 Å². The van der Waals surface area contributed by atoms with Gasteiger partial charge in [-0.05, 0) is 43.5 Å². The average Bonchev–Trinajstić information content (AvgIpc) is 3.24. The third kappa shape index (κ3) is 4.59. The van der Waals surface area contributed by atoms with Crippen molar-refractivity contribution < 1.29 is 5.11 Å². The van der Waals surface area contributed by atoms with Crippen LogP contribution in [0.1, 0.15) is 25.7 Å².